The molecule has 28 heavy (non-hydrogen) atoms. The summed E-state index contributed by atoms with van der Waals surface area (Å²) in [4.78, 5) is 50.1. The quantitative estimate of drug-likeness (QED) is 0.191. The van der Waals surface area contributed by atoms with Crippen molar-refractivity contribution >= 4 is 23.9 Å². The van der Waals surface area contributed by atoms with Gasteiger partial charge in [-0.05, 0) is 12.8 Å². The van der Waals surface area contributed by atoms with E-state index in [4.69, 9.17) is 25.4 Å². The highest BCUT2D eigenvalue weighted by Crippen LogP contribution is 2.30. The van der Waals surface area contributed by atoms with Crippen LogP contribution in [0, 0.1) is 18.3 Å². The van der Waals surface area contributed by atoms with Gasteiger partial charge in [0.05, 0.1) is 56.6 Å². The molecule has 0 saturated heterocycles. The molecule has 8 heteroatoms. The number of ether oxygens (including phenoxy) is 4. The lowest BCUT2D eigenvalue weighted by Gasteiger charge is -2.19. The van der Waals surface area contributed by atoms with E-state index in [2.05, 4.69) is 5.92 Å². The Balaban J connectivity index is 7.53. The molecule has 0 heterocycles. The van der Waals surface area contributed by atoms with E-state index in [1.54, 1.807) is 13.8 Å². The Morgan fingerprint density at radius 1 is 0.786 bits per heavy atom. The van der Waals surface area contributed by atoms with Crippen molar-refractivity contribution < 1.29 is 38.1 Å². The second-order valence-electron chi connectivity index (χ2n) is 5.49. The lowest BCUT2D eigenvalue weighted by Crippen LogP contribution is -2.26. The molecule has 0 fully saturated rings. The van der Waals surface area contributed by atoms with Crippen LogP contribution < -0.4 is 0 Å². The van der Waals surface area contributed by atoms with Gasteiger partial charge in [0, 0.05) is 0 Å². The van der Waals surface area contributed by atoms with E-state index in [9.17, 15) is 19.2 Å². The first-order valence-electron chi connectivity index (χ1n) is 8.56. The van der Waals surface area contributed by atoms with Crippen LogP contribution in [0.15, 0.2) is 22.3 Å². The molecule has 0 bridgehead atoms. The fraction of sp³-hybridized carbons (Fsp3) is 0.500. The van der Waals surface area contributed by atoms with Gasteiger partial charge in [0.25, 0.3) is 0 Å². The predicted molar refractivity (Wildman–Crippen MR) is 99.6 cm³/mol. The molecule has 0 spiro atoms. The number of carbonyl (C=O) groups is 4. The van der Waals surface area contributed by atoms with Gasteiger partial charge in [-0.1, -0.05) is 26.2 Å². The van der Waals surface area contributed by atoms with Crippen molar-refractivity contribution in [3.8, 4) is 12.3 Å². The molecule has 0 aliphatic carbocycles. The van der Waals surface area contributed by atoms with Crippen molar-refractivity contribution in [3.63, 3.8) is 0 Å². The highest BCUT2D eigenvalue weighted by molar-refractivity contribution is 6.15. The second kappa shape index (κ2) is 12.3. The minimum Gasteiger partial charge on any atom is -0.466 e. The third-order valence-electron chi connectivity index (χ3n) is 3.90. The van der Waals surface area contributed by atoms with Crippen molar-refractivity contribution in [2.45, 2.75) is 33.1 Å². The second-order valence-corrected chi connectivity index (χ2v) is 5.49. The zero-order chi connectivity index (χ0) is 21.9. The van der Waals surface area contributed by atoms with Crippen LogP contribution in [-0.2, 0) is 38.1 Å². The maximum absolute atomic E-state index is 12.6. The molecule has 0 aromatic heterocycles. The smallest absolute Gasteiger partial charge is 0.339 e. The maximum atomic E-state index is 12.6. The molecule has 154 valence electrons. The monoisotopic (exact) mass is 394 g/mol. The van der Waals surface area contributed by atoms with Crippen LogP contribution in [0.1, 0.15) is 33.1 Å². The van der Waals surface area contributed by atoms with E-state index in [0.717, 1.165) is 28.4 Å². The number of hydrogen-bond acceptors (Lipinski definition) is 8. The molecule has 1 unspecified atom stereocenters. The van der Waals surface area contributed by atoms with Gasteiger partial charge in [-0.2, -0.15) is 0 Å². The Morgan fingerprint density at radius 2 is 1.25 bits per heavy atom. The molecule has 0 aliphatic heterocycles. The third-order valence-corrected chi connectivity index (χ3v) is 3.90. The molecule has 1 atom stereocenters. The number of carbonyl (C=O) groups excluding carboxylic acids is 4. The highest BCUT2D eigenvalue weighted by atomic mass is 16.5. The standard InChI is InChI=1S/C20H26O8/c1-8-11-13(17(21)25-4)15(19(23)27-6)16(20(24)28-7)14(18(22)26-5)12(9-2)10-3/h2,12H,8,10-11H2,1,3-7H3/b15-13-,16-14-. The minimum absolute atomic E-state index is 0.0822. The van der Waals surface area contributed by atoms with Crippen molar-refractivity contribution in [1.82, 2.24) is 0 Å². The van der Waals surface area contributed by atoms with E-state index in [1.165, 1.54) is 0 Å². The molecule has 0 aromatic rings. The number of rotatable bonds is 9. The van der Waals surface area contributed by atoms with Gasteiger partial charge in [-0.3, -0.25) is 0 Å². The first-order valence-corrected chi connectivity index (χ1v) is 8.56. The molecule has 0 saturated carbocycles. The lowest BCUT2D eigenvalue weighted by molar-refractivity contribution is -0.141. The SMILES string of the molecule is C#CC(CC)/C(C(=O)OC)=C(C(=O)OC)\C(C(=O)OC)=C(/CCC)C(=O)OC. The van der Waals surface area contributed by atoms with Crippen molar-refractivity contribution in [2.75, 3.05) is 28.4 Å². The normalized spacial score (nSPS) is 13.2. The van der Waals surface area contributed by atoms with Gasteiger partial charge >= 0.3 is 23.9 Å². The predicted octanol–water partition coefficient (Wildman–Crippen LogP) is 1.73. The zero-order valence-corrected chi connectivity index (χ0v) is 17.0. The van der Waals surface area contributed by atoms with Crippen LogP contribution in [0.2, 0.25) is 0 Å². The first-order chi connectivity index (χ1) is 13.3. The van der Waals surface area contributed by atoms with Gasteiger partial charge in [0.15, 0.2) is 0 Å². The van der Waals surface area contributed by atoms with Gasteiger partial charge in [0.1, 0.15) is 0 Å². The summed E-state index contributed by atoms with van der Waals surface area (Å²) in [6.45, 7) is 3.45. The zero-order valence-electron chi connectivity index (χ0n) is 17.0. The van der Waals surface area contributed by atoms with Crippen LogP contribution >= 0.6 is 0 Å². The Hall–Kier alpha value is -3.08. The first kappa shape index (κ1) is 24.9. The summed E-state index contributed by atoms with van der Waals surface area (Å²) in [6.07, 6.45) is 6.30. The fourth-order valence-electron chi connectivity index (χ4n) is 2.56. The topological polar surface area (TPSA) is 105 Å². The molecule has 0 N–H and O–H groups in total. The molecule has 0 rings (SSSR count). The van der Waals surface area contributed by atoms with Crippen molar-refractivity contribution in [3.05, 3.63) is 22.3 Å². The largest absolute Gasteiger partial charge is 0.466 e. The summed E-state index contributed by atoms with van der Waals surface area (Å²) in [5.74, 6) is -2.29. The Kier molecular flexibility index (Phi) is 11.0. The van der Waals surface area contributed by atoms with Gasteiger partial charge in [0.2, 0.25) is 0 Å². The molecule has 0 aliphatic rings. The summed E-state index contributed by atoms with van der Waals surface area (Å²) in [6, 6.07) is 0. The highest BCUT2D eigenvalue weighted by Gasteiger charge is 2.36. The molecule has 0 aromatic carbocycles. The molecule has 0 amide bonds. The van der Waals surface area contributed by atoms with Crippen LogP contribution in [0.25, 0.3) is 0 Å². The molecular formula is C20H26O8. The average Bonchev–Trinajstić information content (AvgIpc) is 2.72. The Morgan fingerprint density at radius 3 is 1.61 bits per heavy atom. The van der Waals surface area contributed by atoms with Crippen molar-refractivity contribution in [1.29, 1.82) is 0 Å². The number of hydrogen-bond donors (Lipinski definition) is 0. The average molecular weight is 394 g/mol. The van der Waals surface area contributed by atoms with Crippen molar-refractivity contribution in [2.24, 2.45) is 5.92 Å². The summed E-state index contributed by atoms with van der Waals surface area (Å²) in [5, 5.41) is 0. The summed E-state index contributed by atoms with van der Waals surface area (Å²) < 4.78 is 19.1. The van der Waals surface area contributed by atoms with E-state index in [1.807, 2.05) is 0 Å². The fourth-order valence-corrected chi connectivity index (χ4v) is 2.56. The van der Waals surface area contributed by atoms with E-state index >= 15 is 0 Å². The third kappa shape index (κ3) is 5.71. The number of terminal acetylenes is 1. The molecular weight excluding hydrogens is 368 g/mol. The van der Waals surface area contributed by atoms with E-state index in [0.29, 0.717) is 6.42 Å². The molecule has 8 nitrogen and oxygen atoms in total. The minimum atomic E-state index is -1.04. The van der Waals surface area contributed by atoms with E-state index in [-0.39, 0.29) is 24.0 Å². The van der Waals surface area contributed by atoms with Gasteiger partial charge < -0.3 is 18.9 Å². The van der Waals surface area contributed by atoms with Gasteiger partial charge in [-0.15, -0.1) is 6.42 Å². The maximum Gasteiger partial charge on any atom is 0.339 e. The summed E-state index contributed by atoms with van der Waals surface area (Å²) in [5.41, 5.74) is -1.31. The Labute approximate surface area is 164 Å². The van der Waals surface area contributed by atoms with E-state index < -0.39 is 40.9 Å². The van der Waals surface area contributed by atoms with Crippen LogP contribution in [0.3, 0.4) is 0 Å². The summed E-state index contributed by atoms with van der Waals surface area (Å²) >= 11 is 0. The van der Waals surface area contributed by atoms with Crippen LogP contribution in [0.5, 0.6) is 0 Å². The molecule has 0 radical (unpaired) electrons. The summed E-state index contributed by atoms with van der Waals surface area (Å²) in [7, 11) is 4.39. The lowest BCUT2D eigenvalue weighted by atomic mass is 9.86. The number of methoxy groups -OCH3 is 4. The van der Waals surface area contributed by atoms with Gasteiger partial charge in [-0.25, -0.2) is 19.2 Å². The van der Waals surface area contributed by atoms with Crippen LogP contribution in [0.4, 0.5) is 0 Å². The van der Waals surface area contributed by atoms with Crippen LogP contribution in [-0.4, -0.2) is 52.3 Å². The number of esters is 4. The Bertz CT molecular complexity index is 721.